The zero-order chi connectivity index (χ0) is 8.97. The first-order valence-corrected chi connectivity index (χ1v) is 5.41. The summed E-state index contributed by atoms with van der Waals surface area (Å²) in [5.41, 5.74) is 0. The molecule has 0 bridgehead atoms. The molecule has 0 atom stereocenters. The van der Waals surface area contributed by atoms with Crippen LogP contribution in [-0.4, -0.2) is 21.7 Å². The molecule has 0 saturated carbocycles. The predicted octanol–water partition coefficient (Wildman–Crippen LogP) is 1.92. The van der Waals surface area contributed by atoms with Crippen molar-refractivity contribution in [2.45, 2.75) is 24.6 Å². The normalized spacial score (nSPS) is 10.2. The average molecular weight is 202 g/mol. The Bertz CT molecular complexity index is 272. The number of rotatable bonds is 4. The third kappa shape index (κ3) is 3.32. The van der Waals surface area contributed by atoms with Gasteiger partial charge in [0, 0.05) is 12.2 Å². The van der Waals surface area contributed by atoms with Crippen LogP contribution < -0.4 is 0 Å². The van der Waals surface area contributed by atoms with Crippen molar-refractivity contribution in [3.05, 3.63) is 5.01 Å². The molecule has 12 heavy (non-hydrogen) atoms. The van der Waals surface area contributed by atoms with E-state index in [4.69, 9.17) is 0 Å². The predicted molar refractivity (Wildman–Crippen MR) is 50.7 cm³/mol. The maximum Gasteiger partial charge on any atom is 0.174 e. The largest absolute Gasteiger partial charge is 0.300 e. The van der Waals surface area contributed by atoms with Gasteiger partial charge in [-0.25, -0.2) is 0 Å². The monoisotopic (exact) mass is 202 g/mol. The lowest BCUT2D eigenvalue weighted by Gasteiger charge is -1.91. The van der Waals surface area contributed by atoms with Crippen LogP contribution in [0.2, 0.25) is 0 Å². The number of thioether (sulfide) groups is 1. The van der Waals surface area contributed by atoms with Gasteiger partial charge in [0.25, 0.3) is 0 Å². The Morgan fingerprint density at radius 1 is 1.58 bits per heavy atom. The van der Waals surface area contributed by atoms with E-state index in [1.165, 1.54) is 0 Å². The van der Waals surface area contributed by atoms with E-state index in [0.717, 1.165) is 15.1 Å². The fourth-order valence-corrected chi connectivity index (χ4v) is 2.55. The lowest BCUT2D eigenvalue weighted by atomic mass is 10.4. The number of hydrogen-bond donors (Lipinski definition) is 0. The first-order valence-electron chi connectivity index (χ1n) is 3.61. The molecule has 0 aliphatic carbocycles. The Kier molecular flexibility index (Phi) is 3.68. The van der Waals surface area contributed by atoms with Gasteiger partial charge in [0.05, 0.1) is 0 Å². The molecule has 0 saturated heterocycles. The van der Waals surface area contributed by atoms with E-state index in [0.29, 0.717) is 6.42 Å². The molecule has 3 nitrogen and oxygen atoms in total. The molecule has 0 amide bonds. The van der Waals surface area contributed by atoms with Crippen molar-refractivity contribution >= 4 is 28.9 Å². The number of Topliss-reactive ketones (excluding diaryl/α,β-unsaturated/α-hetero) is 1. The number of aryl methyl sites for hydroxylation is 1. The molecule has 0 spiro atoms. The first kappa shape index (κ1) is 9.67. The molecule has 0 unspecified atom stereocenters. The first-order chi connectivity index (χ1) is 5.68. The molecule has 0 radical (unpaired) electrons. The van der Waals surface area contributed by atoms with Crippen LogP contribution in [0, 0.1) is 6.92 Å². The Balaban J connectivity index is 2.29. The van der Waals surface area contributed by atoms with Crippen LogP contribution in [0.25, 0.3) is 0 Å². The van der Waals surface area contributed by atoms with Gasteiger partial charge < -0.3 is 0 Å². The van der Waals surface area contributed by atoms with Crippen molar-refractivity contribution in [3.63, 3.8) is 0 Å². The molecule has 5 heteroatoms. The van der Waals surface area contributed by atoms with E-state index in [2.05, 4.69) is 10.2 Å². The van der Waals surface area contributed by atoms with Crippen molar-refractivity contribution in [1.29, 1.82) is 0 Å². The highest BCUT2D eigenvalue weighted by Gasteiger charge is 2.01. The van der Waals surface area contributed by atoms with E-state index in [1.54, 1.807) is 30.0 Å². The molecule has 1 aromatic heterocycles. The van der Waals surface area contributed by atoms with Gasteiger partial charge in [0.15, 0.2) is 4.34 Å². The Morgan fingerprint density at radius 2 is 2.33 bits per heavy atom. The maximum absolute atomic E-state index is 10.6. The summed E-state index contributed by atoms with van der Waals surface area (Å²) in [5, 5.41) is 8.78. The third-order valence-electron chi connectivity index (χ3n) is 1.19. The lowest BCUT2D eigenvalue weighted by molar-refractivity contribution is -0.116. The molecule has 0 aliphatic heterocycles. The van der Waals surface area contributed by atoms with Gasteiger partial charge in [-0.3, -0.25) is 4.79 Å². The molecule has 0 fully saturated rings. The van der Waals surface area contributed by atoms with Crippen LogP contribution in [0.1, 0.15) is 18.4 Å². The van der Waals surface area contributed by atoms with E-state index in [1.807, 2.05) is 6.92 Å². The molecule has 1 aromatic rings. The number of nitrogens with zero attached hydrogens (tertiary/aromatic N) is 2. The SMILES string of the molecule is CC(=O)CCSc1nnc(C)s1. The van der Waals surface area contributed by atoms with Crippen molar-refractivity contribution in [3.8, 4) is 0 Å². The van der Waals surface area contributed by atoms with Crippen LogP contribution in [-0.2, 0) is 4.79 Å². The zero-order valence-electron chi connectivity index (χ0n) is 7.03. The fraction of sp³-hybridized carbons (Fsp3) is 0.571. The summed E-state index contributed by atoms with van der Waals surface area (Å²) >= 11 is 3.16. The van der Waals surface area contributed by atoms with Gasteiger partial charge in [0.1, 0.15) is 10.8 Å². The second-order valence-electron chi connectivity index (χ2n) is 2.39. The number of ketones is 1. The van der Waals surface area contributed by atoms with Gasteiger partial charge in [-0.2, -0.15) is 0 Å². The molecule has 66 valence electrons. The fourth-order valence-electron chi connectivity index (χ4n) is 0.619. The van der Waals surface area contributed by atoms with Crippen molar-refractivity contribution in [2.75, 3.05) is 5.75 Å². The van der Waals surface area contributed by atoms with Crippen LogP contribution in [0.4, 0.5) is 0 Å². The van der Waals surface area contributed by atoms with Gasteiger partial charge in [0.2, 0.25) is 0 Å². The van der Waals surface area contributed by atoms with Gasteiger partial charge in [-0.05, 0) is 13.8 Å². The van der Waals surface area contributed by atoms with Crippen LogP contribution >= 0.6 is 23.1 Å². The summed E-state index contributed by atoms with van der Waals surface area (Å²) in [4.78, 5) is 10.6. The van der Waals surface area contributed by atoms with Gasteiger partial charge in [-0.1, -0.05) is 23.1 Å². The lowest BCUT2D eigenvalue weighted by Crippen LogP contribution is -1.91. The summed E-state index contributed by atoms with van der Waals surface area (Å²) in [6.45, 7) is 3.53. The Hall–Kier alpha value is -0.420. The molecule has 0 aromatic carbocycles. The van der Waals surface area contributed by atoms with Crippen molar-refractivity contribution in [1.82, 2.24) is 10.2 Å². The second-order valence-corrected chi connectivity index (χ2v) is 4.91. The summed E-state index contributed by atoms with van der Waals surface area (Å²) in [6, 6.07) is 0. The summed E-state index contributed by atoms with van der Waals surface area (Å²) in [7, 11) is 0. The van der Waals surface area contributed by atoms with E-state index < -0.39 is 0 Å². The molecule has 1 heterocycles. The molecule has 0 aliphatic rings. The Morgan fingerprint density at radius 3 is 2.83 bits per heavy atom. The number of carbonyl (C=O) groups excluding carboxylic acids is 1. The quantitative estimate of drug-likeness (QED) is 0.700. The van der Waals surface area contributed by atoms with Crippen molar-refractivity contribution in [2.24, 2.45) is 0 Å². The average Bonchev–Trinajstić information content (AvgIpc) is 2.35. The van der Waals surface area contributed by atoms with Crippen LogP contribution in [0.5, 0.6) is 0 Å². The molecule has 1 rings (SSSR count). The molecule has 0 N–H and O–H groups in total. The number of aromatic nitrogens is 2. The topological polar surface area (TPSA) is 42.9 Å². The van der Waals surface area contributed by atoms with Gasteiger partial charge >= 0.3 is 0 Å². The minimum atomic E-state index is 0.226. The summed E-state index contributed by atoms with van der Waals surface area (Å²) < 4.78 is 0.953. The molecular formula is C7H10N2OS2. The maximum atomic E-state index is 10.6. The third-order valence-corrected chi connectivity index (χ3v) is 3.16. The minimum Gasteiger partial charge on any atom is -0.300 e. The molecular weight excluding hydrogens is 192 g/mol. The zero-order valence-corrected chi connectivity index (χ0v) is 8.67. The van der Waals surface area contributed by atoms with Crippen molar-refractivity contribution < 1.29 is 4.79 Å². The smallest absolute Gasteiger partial charge is 0.174 e. The van der Waals surface area contributed by atoms with E-state index >= 15 is 0 Å². The minimum absolute atomic E-state index is 0.226. The van der Waals surface area contributed by atoms with E-state index in [9.17, 15) is 4.79 Å². The number of carbonyl (C=O) groups is 1. The summed E-state index contributed by atoms with van der Waals surface area (Å²) in [5.74, 6) is 1.04. The van der Waals surface area contributed by atoms with Gasteiger partial charge in [-0.15, -0.1) is 10.2 Å². The summed E-state index contributed by atoms with van der Waals surface area (Å²) in [6.07, 6.45) is 0.614. The van der Waals surface area contributed by atoms with Crippen LogP contribution in [0.3, 0.4) is 0 Å². The highest BCUT2D eigenvalue weighted by molar-refractivity contribution is 8.01. The highest BCUT2D eigenvalue weighted by Crippen LogP contribution is 2.22. The highest BCUT2D eigenvalue weighted by atomic mass is 32.2. The number of hydrogen-bond acceptors (Lipinski definition) is 5. The van der Waals surface area contributed by atoms with E-state index in [-0.39, 0.29) is 5.78 Å². The van der Waals surface area contributed by atoms with Crippen LogP contribution in [0.15, 0.2) is 4.34 Å². The second kappa shape index (κ2) is 4.57. The Labute approximate surface area is 79.6 Å². The standard InChI is InChI=1S/C7H10N2OS2/c1-5(10)3-4-11-7-9-8-6(2)12-7/h3-4H2,1-2H3.